The number of urea groups is 1. The first-order valence-electron chi connectivity index (χ1n) is 10.2. The normalized spacial score (nSPS) is 14.9. The highest BCUT2D eigenvalue weighted by Crippen LogP contribution is 2.39. The van der Waals surface area contributed by atoms with Crippen LogP contribution in [0.2, 0.25) is 0 Å². The van der Waals surface area contributed by atoms with Gasteiger partial charge in [-0.15, -0.1) is 0 Å². The molecule has 0 unspecified atom stereocenters. The molecule has 0 atom stereocenters. The highest BCUT2D eigenvalue weighted by molar-refractivity contribution is 6.30. The molecule has 2 aromatic carbocycles. The molecule has 4 amide bonds. The maximum Gasteiger partial charge on any atom is 0.417 e. The molecule has 0 aromatic heterocycles. The molecule has 1 heterocycles. The number of hydrogen-bond donors (Lipinski definition) is 1. The molecule has 0 radical (unpaired) electrons. The largest absolute Gasteiger partial charge is 0.417 e. The summed E-state index contributed by atoms with van der Waals surface area (Å²) in [6, 6.07) is 6.15. The number of carbonyl (C=O) groups is 3. The van der Waals surface area contributed by atoms with Crippen LogP contribution in [0.1, 0.15) is 49.2 Å². The lowest BCUT2D eigenvalue weighted by molar-refractivity contribution is -0.137. The van der Waals surface area contributed by atoms with Crippen LogP contribution in [0, 0.1) is 17.1 Å². The summed E-state index contributed by atoms with van der Waals surface area (Å²) in [4.78, 5) is 39.3. The van der Waals surface area contributed by atoms with Gasteiger partial charge in [0.25, 0.3) is 11.8 Å². The molecule has 180 valence electrons. The number of amides is 4. The third kappa shape index (κ3) is 4.44. The highest BCUT2D eigenvalue weighted by atomic mass is 19.4. The molecular formula is C23H22F4N4O3. The Kier molecular flexibility index (Phi) is 7.36. The molecule has 1 N–H and O–H groups in total. The number of carbonyl (C=O) groups excluding carboxylic acids is 3. The Balaban J connectivity index is 0.00000199. The summed E-state index contributed by atoms with van der Waals surface area (Å²) < 4.78 is 54.5. The van der Waals surface area contributed by atoms with Crippen molar-refractivity contribution in [1.29, 1.82) is 5.26 Å². The molecule has 2 aromatic rings. The molecule has 34 heavy (non-hydrogen) atoms. The topological polar surface area (TPSA) is 93.5 Å². The summed E-state index contributed by atoms with van der Waals surface area (Å²) in [5.74, 6) is -2.50. The second kappa shape index (κ2) is 9.51. The number of nitrogens with zero attached hydrogens (tertiary/aromatic N) is 3. The van der Waals surface area contributed by atoms with Crippen LogP contribution in [0.25, 0.3) is 0 Å². The van der Waals surface area contributed by atoms with Gasteiger partial charge in [0, 0.05) is 12.7 Å². The minimum absolute atomic E-state index is 0.0642. The van der Waals surface area contributed by atoms with E-state index < -0.39 is 46.5 Å². The lowest BCUT2D eigenvalue weighted by Crippen LogP contribution is -2.44. The fourth-order valence-corrected chi connectivity index (χ4v) is 3.42. The van der Waals surface area contributed by atoms with Crippen molar-refractivity contribution < 1.29 is 31.9 Å². The summed E-state index contributed by atoms with van der Waals surface area (Å²) in [5.41, 5.74) is -4.27. The van der Waals surface area contributed by atoms with E-state index in [-0.39, 0.29) is 16.9 Å². The number of rotatable bonds is 3. The van der Waals surface area contributed by atoms with Crippen molar-refractivity contribution in [2.75, 3.05) is 16.8 Å². The van der Waals surface area contributed by atoms with Crippen LogP contribution in [-0.2, 0) is 11.0 Å². The van der Waals surface area contributed by atoms with E-state index in [2.05, 4.69) is 5.32 Å². The predicted molar refractivity (Wildman–Crippen MR) is 117 cm³/mol. The van der Waals surface area contributed by atoms with Crippen molar-refractivity contribution in [2.45, 2.75) is 39.4 Å². The molecule has 7 nitrogen and oxygen atoms in total. The molecule has 0 aliphatic carbocycles. The van der Waals surface area contributed by atoms with Gasteiger partial charge in [-0.25, -0.2) is 14.1 Å². The number of imide groups is 1. The summed E-state index contributed by atoms with van der Waals surface area (Å²) in [6.45, 7) is 6.71. The van der Waals surface area contributed by atoms with Crippen molar-refractivity contribution >= 4 is 29.2 Å². The predicted octanol–water partition coefficient (Wildman–Crippen LogP) is 4.85. The Morgan fingerprint density at radius 1 is 1.06 bits per heavy atom. The van der Waals surface area contributed by atoms with Crippen LogP contribution >= 0.6 is 0 Å². The number of nitrogens with one attached hydrogen (secondary N) is 1. The van der Waals surface area contributed by atoms with Gasteiger partial charge in [-0.05, 0) is 50.2 Å². The fraction of sp³-hybridized carbons (Fsp3) is 0.304. The van der Waals surface area contributed by atoms with Gasteiger partial charge in [-0.1, -0.05) is 13.8 Å². The first-order chi connectivity index (χ1) is 15.8. The molecule has 1 fully saturated rings. The standard InChI is InChI=1S/C21H16F4N4O3.C2H6/c1-20(2)18(31)28(12-5-4-11(10-26)15(8-12)21(23,24)25)19(32)29(20)13-6-7-14(16(22)9-13)17(30)27-3;1-2/h4-9H,1-3H3,(H,27,30);1-2H3. The van der Waals surface area contributed by atoms with Gasteiger partial charge in [0.1, 0.15) is 11.4 Å². The van der Waals surface area contributed by atoms with Crippen LogP contribution < -0.4 is 15.1 Å². The van der Waals surface area contributed by atoms with Crippen molar-refractivity contribution in [2.24, 2.45) is 0 Å². The summed E-state index contributed by atoms with van der Waals surface area (Å²) in [5, 5.41) is 11.2. The zero-order valence-electron chi connectivity index (χ0n) is 19.0. The van der Waals surface area contributed by atoms with Gasteiger partial charge in [0.15, 0.2) is 0 Å². The lowest BCUT2D eigenvalue weighted by Gasteiger charge is -2.27. The molecule has 1 aliphatic heterocycles. The zero-order chi connectivity index (χ0) is 26.0. The van der Waals surface area contributed by atoms with Gasteiger partial charge in [-0.3, -0.25) is 14.5 Å². The van der Waals surface area contributed by atoms with Gasteiger partial charge in [0.05, 0.1) is 28.4 Å². The second-order valence-corrected chi connectivity index (χ2v) is 7.40. The number of nitriles is 1. The maximum atomic E-state index is 14.5. The molecule has 1 aliphatic rings. The third-order valence-corrected chi connectivity index (χ3v) is 5.04. The lowest BCUT2D eigenvalue weighted by atomic mass is 10.0. The van der Waals surface area contributed by atoms with Crippen molar-refractivity contribution in [3.05, 3.63) is 58.9 Å². The Hall–Kier alpha value is -3.94. The summed E-state index contributed by atoms with van der Waals surface area (Å²) >= 11 is 0. The summed E-state index contributed by atoms with van der Waals surface area (Å²) in [6.07, 6.45) is -4.89. The smallest absolute Gasteiger partial charge is 0.355 e. The molecule has 11 heteroatoms. The molecule has 0 saturated carbocycles. The van der Waals surface area contributed by atoms with Gasteiger partial charge in [-0.2, -0.15) is 18.4 Å². The van der Waals surface area contributed by atoms with Gasteiger partial charge < -0.3 is 5.32 Å². The minimum atomic E-state index is -4.89. The zero-order valence-corrected chi connectivity index (χ0v) is 19.0. The van der Waals surface area contributed by atoms with Crippen LogP contribution in [0.3, 0.4) is 0 Å². The van der Waals surface area contributed by atoms with E-state index in [1.165, 1.54) is 33.0 Å². The molecule has 1 saturated heterocycles. The fourth-order valence-electron chi connectivity index (χ4n) is 3.42. The van der Waals surface area contributed by atoms with E-state index >= 15 is 0 Å². The number of anilines is 2. The summed E-state index contributed by atoms with van der Waals surface area (Å²) in [7, 11) is 1.31. The van der Waals surface area contributed by atoms with Crippen LogP contribution in [0.4, 0.5) is 33.7 Å². The average molecular weight is 478 g/mol. The number of alkyl halides is 3. The minimum Gasteiger partial charge on any atom is -0.355 e. The Morgan fingerprint density at radius 2 is 1.65 bits per heavy atom. The van der Waals surface area contributed by atoms with E-state index in [1.54, 1.807) is 0 Å². The van der Waals surface area contributed by atoms with Crippen molar-refractivity contribution in [1.82, 2.24) is 5.32 Å². The van der Waals surface area contributed by atoms with Crippen LogP contribution in [0.5, 0.6) is 0 Å². The van der Waals surface area contributed by atoms with Crippen molar-refractivity contribution in [3.8, 4) is 6.07 Å². The van der Waals surface area contributed by atoms with E-state index in [4.69, 9.17) is 5.26 Å². The Bertz CT molecular complexity index is 1190. The van der Waals surface area contributed by atoms with Crippen LogP contribution in [-0.4, -0.2) is 30.4 Å². The molecule has 3 rings (SSSR count). The Labute approximate surface area is 193 Å². The first kappa shape index (κ1) is 26.3. The average Bonchev–Trinajstić information content (AvgIpc) is 2.97. The first-order valence-corrected chi connectivity index (χ1v) is 10.2. The molecule has 0 spiro atoms. The van der Waals surface area contributed by atoms with E-state index in [9.17, 15) is 31.9 Å². The van der Waals surface area contributed by atoms with E-state index in [1.807, 2.05) is 13.8 Å². The SMILES string of the molecule is CC.CNC(=O)c1ccc(N2C(=O)N(c3ccc(C#N)c(C(F)(F)F)c3)C(=O)C2(C)C)cc1F. The third-order valence-electron chi connectivity index (χ3n) is 5.04. The van der Waals surface area contributed by atoms with Gasteiger partial charge >= 0.3 is 12.2 Å². The van der Waals surface area contributed by atoms with Gasteiger partial charge in [0.2, 0.25) is 0 Å². The molecular weight excluding hydrogens is 456 g/mol. The maximum absolute atomic E-state index is 14.5. The van der Waals surface area contributed by atoms with E-state index in [0.717, 1.165) is 29.2 Å². The quantitative estimate of drug-likeness (QED) is 0.504. The number of benzene rings is 2. The second-order valence-electron chi connectivity index (χ2n) is 7.40. The highest BCUT2D eigenvalue weighted by Gasteiger charge is 2.53. The Morgan fingerprint density at radius 3 is 2.15 bits per heavy atom. The van der Waals surface area contributed by atoms with Crippen LogP contribution in [0.15, 0.2) is 36.4 Å². The van der Waals surface area contributed by atoms with Crippen molar-refractivity contribution in [3.63, 3.8) is 0 Å². The monoisotopic (exact) mass is 478 g/mol. The molecule has 0 bridgehead atoms. The number of halogens is 4. The number of hydrogen-bond acceptors (Lipinski definition) is 4. The van der Waals surface area contributed by atoms with E-state index in [0.29, 0.717) is 11.0 Å².